The Morgan fingerprint density at radius 1 is 1.62 bits per heavy atom. The summed E-state index contributed by atoms with van der Waals surface area (Å²) in [5.41, 5.74) is 3.48. The van der Waals surface area contributed by atoms with Crippen molar-refractivity contribution in [3.8, 4) is 0 Å². The van der Waals surface area contributed by atoms with Gasteiger partial charge < -0.3 is 0 Å². The van der Waals surface area contributed by atoms with Crippen LogP contribution in [0.25, 0.3) is 0 Å². The summed E-state index contributed by atoms with van der Waals surface area (Å²) in [5, 5.41) is 1.93. The Hall–Kier alpha value is -0.870. The number of thiophene rings is 1. The Morgan fingerprint density at radius 3 is 2.77 bits per heavy atom. The molecule has 0 aliphatic carbocycles. The minimum Gasteiger partial charge on any atom is -0.271 e. The van der Waals surface area contributed by atoms with Crippen LogP contribution in [0.2, 0.25) is 0 Å². The third-order valence-corrected chi connectivity index (χ3v) is 2.39. The van der Waals surface area contributed by atoms with Crippen LogP contribution in [0.15, 0.2) is 11.4 Å². The summed E-state index contributed by atoms with van der Waals surface area (Å²) in [4.78, 5) is 17.0. The van der Waals surface area contributed by atoms with Gasteiger partial charge in [-0.2, -0.15) is 0 Å². The van der Waals surface area contributed by atoms with Gasteiger partial charge in [0.25, 0.3) is 5.91 Å². The molecule has 0 aliphatic rings. The van der Waals surface area contributed by atoms with Crippen LogP contribution < -0.4 is 5.48 Å². The average Bonchev–Trinajstić information content (AvgIpc) is 2.47. The molecular formula is C9H13NO2S. The fourth-order valence-corrected chi connectivity index (χ4v) is 1.56. The smallest absolute Gasteiger partial charge is 0.271 e. The number of amides is 1. The molecule has 0 saturated carbocycles. The van der Waals surface area contributed by atoms with Gasteiger partial charge in [-0.3, -0.25) is 9.63 Å². The fraction of sp³-hybridized carbons (Fsp3) is 0.444. The van der Waals surface area contributed by atoms with Crippen molar-refractivity contribution in [2.45, 2.75) is 26.9 Å². The molecule has 0 atom stereocenters. The number of hydroxylamine groups is 1. The van der Waals surface area contributed by atoms with E-state index in [-0.39, 0.29) is 12.0 Å². The second-order valence-electron chi connectivity index (χ2n) is 3.09. The van der Waals surface area contributed by atoms with E-state index < -0.39 is 0 Å². The lowest BCUT2D eigenvalue weighted by Crippen LogP contribution is -2.26. The molecule has 3 nitrogen and oxygen atoms in total. The second-order valence-corrected chi connectivity index (χ2v) is 4.00. The van der Waals surface area contributed by atoms with Crippen molar-refractivity contribution >= 4 is 17.2 Å². The summed E-state index contributed by atoms with van der Waals surface area (Å²) in [6.07, 6.45) is 0.00464. The molecule has 0 saturated heterocycles. The molecule has 1 amide bonds. The van der Waals surface area contributed by atoms with E-state index in [1.807, 2.05) is 32.2 Å². The Balaban J connectivity index is 2.49. The molecule has 1 aromatic rings. The van der Waals surface area contributed by atoms with E-state index in [4.69, 9.17) is 4.84 Å². The van der Waals surface area contributed by atoms with Gasteiger partial charge in [0.2, 0.25) is 0 Å². The summed E-state index contributed by atoms with van der Waals surface area (Å²) in [5.74, 6) is -0.174. The lowest BCUT2D eigenvalue weighted by atomic mass is 10.3. The van der Waals surface area contributed by atoms with Crippen LogP contribution in [0.5, 0.6) is 0 Å². The molecule has 1 rings (SSSR count). The Kier molecular flexibility index (Phi) is 3.45. The van der Waals surface area contributed by atoms with E-state index in [9.17, 15) is 4.79 Å². The summed E-state index contributed by atoms with van der Waals surface area (Å²) < 4.78 is 0. The van der Waals surface area contributed by atoms with Crippen LogP contribution in [0.1, 0.15) is 29.1 Å². The molecule has 0 spiro atoms. The monoisotopic (exact) mass is 199 g/mol. The zero-order valence-electron chi connectivity index (χ0n) is 7.96. The molecule has 0 unspecified atom stereocenters. The van der Waals surface area contributed by atoms with Crippen molar-refractivity contribution in [1.82, 2.24) is 5.48 Å². The van der Waals surface area contributed by atoms with E-state index >= 15 is 0 Å². The first-order valence-electron chi connectivity index (χ1n) is 4.10. The topological polar surface area (TPSA) is 38.3 Å². The van der Waals surface area contributed by atoms with Crippen LogP contribution >= 0.6 is 11.3 Å². The van der Waals surface area contributed by atoms with Crippen LogP contribution in [-0.4, -0.2) is 12.0 Å². The third-order valence-electron chi connectivity index (χ3n) is 1.34. The molecular weight excluding hydrogens is 186 g/mol. The molecule has 1 aromatic heterocycles. The van der Waals surface area contributed by atoms with Crippen LogP contribution in [-0.2, 0) is 4.84 Å². The van der Waals surface area contributed by atoms with Gasteiger partial charge >= 0.3 is 0 Å². The van der Waals surface area contributed by atoms with Crippen molar-refractivity contribution in [2.75, 3.05) is 0 Å². The molecule has 1 heterocycles. The van der Waals surface area contributed by atoms with E-state index in [2.05, 4.69) is 5.48 Å². The fourth-order valence-electron chi connectivity index (χ4n) is 0.772. The van der Waals surface area contributed by atoms with Gasteiger partial charge in [0, 0.05) is 0 Å². The van der Waals surface area contributed by atoms with Crippen molar-refractivity contribution in [2.24, 2.45) is 0 Å². The first-order valence-corrected chi connectivity index (χ1v) is 4.98. The quantitative estimate of drug-likeness (QED) is 0.757. The summed E-state index contributed by atoms with van der Waals surface area (Å²) in [7, 11) is 0. The number of hydrogen-bond donors (Lipinski definition) is 1. The highest BCUT2D eigenvalue weighted by Gasteiger charge is 2.07. The maximum absolute atomic E-state index is 11.3. The standard InChI is InChI=1S/C9H13NO2S/c1-6(2)12-10-9(11)8-4-7(3)5-13-8/h4-6H,1-3H3,(H,10,11). The number of carbonyl (C=O) groups is 1. The van der Waals surface area contributed by atoms with Crippen molar-refractivity contribution in [3.63, 3.8) is 0 Å². The lowest BCUT2D eigenvalue weighted by Gasteiger charge is -2.06. The predicted octanol–water partition coefficient (Wildman–Crippen LogP) is 2.13. The van der Waals surface area contributed by atoms with Crippen molar-refractivity contribution < 1.29 is 9.63 Å². The molecule has 0 aromatic carbocycles. The Labute approximate surface area is 81.7 Å². The zero-order chi connectivity index (χ0) is 9.84. The van der Waals surface area contributed by atoms with E-state index in [0.717, 1.165) is 5.56 Å². The van der Waals surface area contributed by atoms with Gasteiger partial charge in [-0.1, -0.05) is 0 Å². The van der Waals surface area contributed by atoms with Crippen molar-refractivity contribution in [3.05, 3.63) is 21.9 Å². The van der Waals surface area contributed by atoms with E-state index in [1.165, 1.54) is 11.3 Å². The van der Waals surface area contributed by atoms with Crippen LogP contribution in [0.4, 0.5) is 0 Å². The summed E-state index contributed by atoms with van der Waals surface area (Å²) >= 11 is 1.42. The molecule has 0 radical (unpaired) electrons. The Bertz CT molecular complexity index is 294. The largest absolute Gasteiger partial charge is 0.284 e. The summed E-state index contributed by atoms with van der Waals surface area (Å²) in [6, 6.07) is 1.84. The number of carbonyl (C=O) groups excluding carboxylic acids is 1. The third kappa shape index (κ3) is 3.16. The number of rotatable bonds is 3. The molecule has 13 heavy (non-hydrogen) atoms. The first-order chi connectivity index (χ1) is 6.09. The SMILES string of the molecule is Cc1csc(C(=O)NOC(C)C)c1. The Morgan fingerprint density at radius 2 is 2.31 bits per heavy atom. The van der Waals surface area contributed by atoms with Crippen molar-refractivity contribution in [1.29, 1.82) is 0 Å². The number of nitrogens with one attached hydrogen (secondary N) is 1. The summed E-state index contributed by atoms with van der Waals surface area (Å²) in [6.45, 7) is 5.68. The molecule has 0 fully saturated rings. The lowest BCUT2D eigenvalue weighted by molar-refractivity contribution is 0.000465. The molecule has 0 bridgehead atoms. The minimum atomic E-state index is -0.174. The molecule has 72 valence electrons. The second kappa shape index (κ2) is 4.39. The highest BCUT2D eigenvalue weighted by molar-refractivity contribution is 7.12. The molecule has 1 N–H and O–H groups in total. The predicted molar refractivity (Wildman–Crippen MR) is 52.7 cm³/mol. The zero-order valence-corrected chi connectivity index (χ0v) is 8.77. The first kappa shape index (κ1) is 10.2. The minimum absolute atomic E-state index is 0.00464. The maximum atomic E-state index is 11.3. The van der Waals surface area contributed by atoms with Gasteiger partial charge in [-0.05, 0) is 37.8 Å². The normalized spacial score (nSPS) is 10.5. The van der Waals surface area contributed by atoms with E-state index in [1.54, 1.807) is 0 Å². The molecule has 4 heteroatoms. The molecule has 0 aliphatic heterocycles. The van der Waals surface area contributed by atoms with Gasteiger partial charge in [0.1, 0.15) is 0 Å². The van der Waals surface area contributed by atoms with Gasteiger partial charge in [-0.15, -0.1) is 11.3 Å². The van der Waals surface area contributed by atoms with Gasteiger partial charge in [-0.25, -0.2) is 5.48 Å². The van der Waals surface area contributed by atoms with Crippen LogP contribution in [0, 0.1) is 6.92 Å². The highest BCUT2D eigenvalue weighted by Crippen LogP contribution is 2.13. The van der Waals surface area contributed by atoms with E-state index in [0.29, 0.717) is 4.88 Å². The number of aryl methyl sites for hydroxylation is 1. The van der Waals surface area contributed by atoms with Gasteiger partial charge in [0.05, 0.1) is 11.0 Å². The average molecular weight is 199 g/mol. The van der Waals surface area contributed by atoms with Gasteiger partial charge in [0.15, 0.2) is 0 Å². The highest BCUT2D eigenvalue weighted by atomic mass is 32.1. The number of hydrogen-bond acceptors (Lipinski definition) is 3. The van der Waals surface area contributed by atoms with Crippen LogP contribution in [0.3, 0.4) is 0 Å². The maximum Gasteiger partial charge on any atom is 0.284 e.